The lowest BCUT2D eigenvalue weighted by atomic mass is 9.83. The quantitative estimate of drug-likeness (QED) is 0.567. The lowest BCUT2D eigenvalue weighted by Crippen LogP contribution is -2.32. The molecular formula is C25H27NO4S. The van der Waals surface area contributed by atoms with Crippen molar-refractivity contribution in [3.8, 4) is 0 Å². The second-order valence-electron chi connectivity index (χ2n) is 8.05. The van der Waals surface area contributed by atoms with Crippen molar-refractivity contribution in [2.24, 2.45) is 5.92 Å². The largest absolute Gasteiger partial charge is 0.466 e. The van der Waals surface area contributed by atoms with Crippen molar-refractivity contribution < 1.29 is 17.9 Å². The van der Waals surface area contributed by atoms with Crippen LogP contribution in [0.2, 0.25) is 0 Å². The highest BCUT2D eigenvalue weighted by Crippen LogP contribution is 2.27. The van der Waals surface area contributed by atoms with Crippen LogP contribution < -0.4 is 4.72 Å². The molecule has 0 fully saturated rings. The summed E-state index contributed by atoms with van der Waals surface area (Å²) in [5.41, 5.74) is 3.42. The molecule has 1 aliphatic carbocycles. The molecule has 1 N–H and O–H groups in total. The van der Waals surface area contributed by atoms with E-state index in [1.54, 1.807) is 19.1 Å². The number of carbonyl (C=O) groups excluding carboxylic acids is 1. The van der Waals surface area contributed by atoms with Gasteiger partial charge in [-0.15, -0.1) is 0 Å². The first-order valence-corrected chi connectivity index (χ1v) is 12.2. The Hall–Kier alpha value is -2.70. The van der Waals surface area contributed by atoms with E-state index in [9.17, 15) is 13.2 Å². The van der Waals surface area contributed by atoms with Crippen LogP contribution in [0.5, 0.6) is 0 Å². The first kappa shape index (κ1) is 21.5. The van der Waals surface area contributed by atoms with Crippen LogP contribution in [0.1, 0.15) is 30.0 Å². The van der Waals surface area contributed by atoms with Gasteiger partial charge in [-0.05, 0) is 71.7 Å². The first-order valence-electron chi connectivity index (χ1n) is 10.7. The van der Waals surface area contributed by atoms with E-state index >= 15 is 0 Å². The van der Waals surface area contributed by atoms with Gasteiger partial charge in [-0.2, -0.15) is 0 Å². The fraction of sp³-hybridized carbons (Fsp3) is 0.320. The number of fused-ring (bicyclic) bond motifs is 2. The Morgan fingerprint density at radius 3 is 2.65 bits per heavy atom. The molecule has 0 radical (unpaired) electrons. The summed E-state index contributed by atoms with van der Waals surface area (Å²) in [4.78, 5) is 12.1. The fourth-order valence-corrected chi connectivity index (χ4v) is 5.35. The first-order chi connectivity index (χ1) is 14.9. The zero-order valence-corrected chi connectivity index (χ0v) is 18.5. The number of ether oxygens (including phenoxy) is 1. The lowest BCUT2D eigenvalue weighted by Gasteiger charge is -2.25. The Kier molecular flexibility index (Phi) is 6.39. The number of hydrogen-bond acceptors (Lipinski definition) is 4. The molecule has 0 saturated heterocycles. The van der Waals surface area contributed by atoms with Crippen LogP contribution in [-0.2, 0) is 38.8 Å². The normalized spacial score (nSPS) is 16.1. The number of nitrogens with one attached hydrogen (secondary N) is 1. The van der Waals surface area contributed by atoms with Gasteiger partial charge in [0.1, 0.15) is 0 Å². The predicted octanol–water partition coefficient (Wildman–Crippen LogP) is 4.03. The molecule has 1 unspecified atom stereocenters. The number of sulfonamides is 1. The third kappa shape index (κ3) is 5.14. The highest BCUT2D eigenvalue weighted by atomic mass is 32.2. The van der Waals surface area contributed by atoms with E-state index in [0.717, 1.165) is 35.6 Å². The SMILES string of the molecule is CCOC(=O)Cc1ccc2c(c1)CC(CNS(=O)(=O)c1ccc3ccccc3c1)CC2. The topological polar surface area (TPSA) is 72.5 Å². The van der Waals surface area contributed by atoms with Crippen molar-refractivity contribution in [3.05, 3.63) is 77.4 Å². The number of carbonyl (C=O) groups is 1. The molecule has 0 bridgehead atoms. The van der Waals surface area contributed by atoms with Crippen LogP contribution >= 0.6 is 0 Å². The average Bonchev–Trinajstić information content (AvgIpc) is 2.77. The van der Waals surface area contributed by atoms with E-state index in [-0.39, 0.29) is 18.3 Å². The van der Waals surface area contributed by atoms with E-state index in [1.165, 1.54) is 11.1 Å². The summed E-state index contributed by atoms with van der Waals surface area (Å²) in [5.74, 6) is -0.00136. The summed E-state index contributed by atoms with van der Waals surface area (Å²) in [5, 5.41) is 1.93. The molecule has 3 aromatic carbocycles. The summed E-state index contributed by atoms with van der Waals surface area (Å²) in [6.07, 6.45) is 2.91. The molecule has 0 spiro atoms. The highest BCUT2D eigenvalue weighted by Gasteiger charge is 2.22. The molecule has 6 heteroatoms. The number of esters is 1. The standard InChI is InChI=1S/C25H27NO4S/c1-2-30-25(27)15-18-7-9-21-10-8-19(14-23(21)13-18)17-26-31(28,29)24-12-11-20-5-3-4-6-22(20)16-24/h3-7,9,11-13,16,19,26H,2,8,10,14-15,17H2,1H3. The maximum Gasteiger partial charge on any atom is 0.310 e. The van der Waals surface area contributed by atoms with Crippen molar-refractivity contribution in [2.45, 2.75) is 37.5 Å². The molecule has 0 amide bonds. The van der Waals surface area contributed by atoms with Gasteiger partial charge >= 0.3 is 5.97 Å². The van der Waals surface area contributed by atoms with Crippen molar-refractivity contribution >= 4 is 26.8 Å². The molecule has 0 aliphatic heterocycles. The lowest BCUT2D eigenvalue weighted by molar-refractivity contribution is -0.142. The maximum absolute atomic E-state index is 12.8. The van der Waals surface area contributed by atoms with Crippen LogP contribution in [0, 0.1) is 5.92 Å². The van der Waals surface area contributed by atoms with Gasteiger partial charge < -0.3 is 4.74 Å². The van der Waals surface area contributed by atoms with Crippen LogP contribution in [0.25, 0.3) is 10.8 Å². The molecule has 3 aromatic rings. The van der Waals surface area contributed by atoms with Gasteiger partial charge in [0, 0.05) is 6.54 Å². The summed E-state index contributed by atoms with van der Waals surface area (Å²) in [7, 11) is -3.57. The third-order valence-corrected chi connectivity index (χ3v) is 7.27. The summed E-state index contributed by atoms with van der Waals surface area (Å²) < 4.78 is 33.5. The molecular weight excluding hydrogens is 410 g/mol. The predicted molar refractivity (Wildman–Crippen MR) is 121 cm³/mol. The Morgan fingerprint density at radius 2 is 1.84 bits per heavy atom. The average molecular weight is 438 g/mol. The molecule has 0 aromatic heterocycles. The maximum atomic E-state index is 12.8. The zero-order chi connectivity index (χ0) is 21.8. The minimum atomic E-state index is -3.57. The van der Waals surface area contributed by atoms with Gasteiger partial charge in [-0.3, -0.25) is 4.79 Å². The van der Waals surface area contributed by atoms with Crippen molar-refractivity contribution in [1.29, 1.82) is 0 Å². The molecule has 4 rings (SSSR count). The minimum absolute atomic E-state index is 0.223. The van der Waals surface area contributed by atoms with Crippen molar-refractivity contribution in [1.82, 2.24) is 4.72 Å². The van der Waals surface area contributed by atoms with Crippen molar-refractivity contribution in [2.75, 3.05) is 13.2 Å². The molecule has 5 nitrogen and oxygen atoms in total. The monoisotopic (exact) mass is 437 g/mol. The van der Waals surface area contributed by atoms with E-state index in [2.05, 4.69) is 16.9 Å². The van der Waals surface area contributed by atoms with Crippen molar-refractivity contribution in [3.63, 3.8) is 0 Å². The van der Waals surface area contributed by atoms with E-state index < -0.39 is 10.0 Å². The van der Waals surface area contributed by atoms with Crippen LogP contribution in [0.15, 0.2) is 65.6 Å². The summed E-state index contributed by atoms with van der Waals surface area (Å²) in [6.45, 7) is 2.58. The molecule has 1 aliphatic rings. The zero-order valence-electron chi connectivity index (χ0n) is 17.6. The molecule has 0 saturated carbocycles. The van der Waals surface area contributed by atoms with E-state index in [0.29, 0.717) is 18.0 Å². The Labute approximate surface area is 183 Å². The second kappa shape index (κ2) is 9.20. The van der Waals surface area contributed by atoms with Crippen LogP contribution in [0.4, 0.5) is 0 Å². The highest BCUT2D eigenvalue weighted by molar-refractivity contribution is 7.89. The molecule has 162 valence electrons. The number of benzene rings is 3. The van der Waals surface area contributed by atoms with E-state index in [4.69, 9.17) is 4.74 Å². The number of hydrogen-bond donors (Lipinski definition) is 1. The number of rotatable bonds is 7. The minimum Gasteiger partial charge on any atom is -0.466 e. The van der Waals surface area contributed by atoms with Gasteiger partial charge in [0.15, 0.2) is 0 Å². The fourth-order valence-electron chi connectivity index (χ4n) is 4.19. The van der Waals surface area contributed by atoms with Gasteiger partial charge in [-0.25, -0.2) is 13.1 Å². The summed E-state index contributed by atoms with van der Waals surface area (Å²) in [6, 6.07) is 19.1. The Bertz CT molecular complexity index is 1200. The van der Waals surface area contributed by atoms with Gasteiger partial charge in [0.25, 0.3) is 0 Å². The second-order valence-corrected chi connectivity index (χ2v) is 9.82. The van der Waals surface area contributed by atoms with Gasteiger partial charge in [0.05, 0.1) is 17.9 Å². The van der Waals surface area contributed by atoms with Crippen LogP contribution in [0.3, 0.4) is 0 Å². The van der Waals surface area contributed by atoms with Gasteiger partial charge in [-0.1, -0.05) is 48.5 Å². The van der Waals surface area contributed by atoms with E-state index in [1.807, 2.05) is 36.4 Å². The third-order valence-electron chi connectivity index (χ3n) is 5.85. The molecule has 31 heavy (non-hydrogen) atoms. The van der Waals surface area contributed by atoms with Crippen LogP contribution in [-0.4, -0.2) is 27.5 Å². The summed E-state index contributed by atoms with van der Waals surface area (Å²) >= 11 is 0. The Morgan fingerprint density at radius 1 is 1.03 bits per heavy atom. The Balaban J connectivity index is 1.42. The molecule has 0 heterocycles. The van der Waals surface area contributed by atoms with Gasteiger partial charge in [0.2, 0.25) is 10.0 Å². The molecule has 1 atom stereocenters. The smallest absolute Gasteiger partial charge is 0.310 e. The number of aryl methyl sites for hydroxylation is 1.